The third-order valence-electron chi connectivity index (χ3n) is 4.78. The molecule has 0 fully saturated rings. The van der Waals surface area contributed by atoms with Crippen LogP contribution in [0, 0.1) is 0 Å². The Hall–Kier alpha value is -2.77. The van der Waals surface area contributed by atoms with Crippen molar-refractivity contribution in [2.75, 3.05) is 7.05 Å². The fraction of sp³-hybridized carbons (Fsp3) is 0.273. The molecular weight excluding hydrogens is 308 g/mol. The molecule has 0 saturated heterocycles. The summed E-state index contributed by atoms with van der Waals surface area (Å²) in [4.78, 5) is 6.90. The van der Waals surface area contributed by atoms with Crippen LogP contribution in [0.1, 0.15) is 31.4 Å². The standard InChI is InChI=1S/C22H24N2O/c1-6-16-9-8-10-17(11-16)15-25-21-13-19-12-18(20(7-2)23-21)14-22(3,4)24(19)5/h6,8-13H,1-2,14-15H2,3-5H3. The van der Waals surface area contributed by atoms with E-state index in [1.807, 2.05) is 30.4 Å². The van der Waals surface area contributed by atoms with E-state index in [1.54, 1.807) is 0 Å². The summed E-state index contributed by atoms with van der Waals surface area (Å²) in [5.74, 6) is 0.584. The first kappa shape index (κ1) is 17.1. The van der Waals surface area contributed by atoms with E-state index in [9.17, 15) is 0 Å². The van der Waals surface area contributed by atoms with Crippen LogP contribution in [0.2, 0.25) is 0 Å². The Morgan fingerprint density at radius 3 is 2.88 bits per heavy atom. The minimum absolute atomic E-state index is 0.0152. The lowest BCUT2D eigenvalue weighted by atomic mass is 9.87. The number of nitrogens with zero attached hydrogens (tertiary/aromatic N) is 2. The SMILES string of the molecule is C=C=C1N=C(OCc2cccc(C=C)c2)C=C2C=C1CC(C)(C)N2C. The van der Waals surface area contributed by atoms with Crippen LogP contribution in [-0.4, -0.2) is 23.4 Å². The average Bonchev–Trinajstić information content (AvgIpc) is 2.75. The van der Waals surface area contributed by atoms with E-state index in [-0.39, 0.29) is 5.54 Å². The minimum Gasteiger partial charge on any atom is -0.473 e. The Kier molecular flexibility index (Phi) is 4.52. The zero-order valence-corrected chi connectivity index (χ0v) is 15.2. The topological polar surface area (TPSA) is 24.8 Å². The van der Waals surface area contributed by atoms with E-state index in [1.165, 1.54) is 0 Å². The lowest BCUT2D eigenvalue weighted by Crippen LogP contribution is -2.42. The highest BCUT2D eigenvalue weighted by atomic mass is 16.5. The maximum Gasteiger partial charge on any atom is 0.216 e. The third kappa shape index (κ3) is 3.52. The van der Waals surface area contributed by atoms with Crippen LogP contribution in [-0.2, 0) is 11.3 Å². The van der Waals surface area contributed by atoms with Gasteiger partial charge < -0.3 is 9.64 Å². The summed E-state index contributed by atoms with van der Waals surface area (Å²) in [6.07, 6.45) is 6.87. The summed E-state index contributed by atoms with van der Waals surface area (Å²) in [6.45, 7) is 12.5. The zero-order valence-electron chi connectivity index (χ0n) is 15.2. The summed E-state index contributed by atoms with van der Waals surface area (Å²) in [5.41, 5.74) is 8.15. The molecule has 2 aliphatic heterocycles. The van der Waals surface area contributed by atoms with Gasteiger partial charge in [-0.25, -0.2) is 4.99 Å². The fourth-order valence-electron chi connectivity index (χ4n) is 3.09. The van der Waals surface area contributed by atoms with Gasteiger partial charge in [-0.2, -0.15) is 0 Å². The highest BCUT2D eigenvalue weighted by molar-refractivity contribution is 5.91. The summed E-state index contributed by atoms with van der Waals surface area (Å²) < 4.78 is 6.00. The van der Waals surface area contributed by atoms with Crippen molar-refractivity contribution in [3.63, 3.8) is 0 Å². The molecule has 0 spiro atoms. The van der Waals surface area contributed by atoms with Crippen LogP contribution < -0.4 is 0 Å². The van der Waals surface area contributed by atoms with Crippen molar-refractivity contribution >= 4 is 12.0 Å². The number of rotatable bonds is 3. The van der Waals surface area contributed by atoms with Gasteiger partial charge in [-0.15, -0.1) is 5.73 Å². The maximum atomic E-state index is 6.00. The zero-order chi connectivity index (χ0) is 18.0. The number of fused-ring (bicyclic) bond motifs is 1. The number of hydrogen-bond acceptors (Lipinski definition) is 3. The molecule has 1 aromatic carbocycles. The molecule has 3 heteroatoms. The quantitative estimate of drug-likeness (QED) is 0.739. The summed E-state index contributed by atoms with van der Waals surface area (Å²) in [6, 6.07) is 8.13. The molecule has 0 aromatic heterocycles. The first-order valence-electron chi connectivity index (χ1n) is 8.42. The van der Waals surface area contributed by atoms with E-state index in [2.05, 4.69) is 61.8 Å². The van der Waals surface area contributed by atoms with Gasteiger partial charge in [-0.1, -0.05) is 37.4 Å². The lowest BCUT2D eigenvalue weighted by molar-refractivity contribution is 0.201. The second-order valence-corrected chi connectivity index (χ2v) is 7.00. The number of aliphatic imine (C=N–C) groups is 1. The van der Waals surface area contributed by atoms with E-state index >= 15 is 0 Å². The Balaban J connectivity index is 1.87. The molecule has 0 amide bonds. The first-order valence-corrected chi connectivity index (χ1v) is 8.42. The van der Waals surface area contributed by atoms with Crippen molar-refractivity contribution in [1.82, 2.24) is 4.90 Å². The smallest absolute Gasteiger partial charge is 0.216 e. The van der Waals surface area contributed by atoms with Crippen molar-refractivity contribution in [2.45, 2.75) is 32.4 Å². The number of allylic oxidation sites excluding steroid dienone is 2. The van der Waals surface area contributed by atoms with Crippen molar-refractivity contribution in [2.24, 2.45) is 4.99 Å². The normalized spacial score (nSPS) is 18.4. The summed E-state index contributed by atoms with van der Waals surface area (Å²) in [5, 5.41) is 0. The second-order valence-electron chi connectivity index (χ2n) is 7.00. The highest BCUT2D eigenvalue weighted by Crippen LogP contribution is 2.36. The molecule has 25 heavy (non-hydrogen) atoms. The second kappa shape index (κ2) is 6.62. The number of ether oxygens (including phenoxy) is 1. The van der Waals surface area contributed by atoms with E-state index in [0.29, 0.717) is 12.5 Å². The molecule has 0 unspecified atom stereocenters. The summed E-state index contributed by atoms with van der Waals surface area (Å²) >= 11 is 0. The molecule has 128 valence electrons. The third-order valence-corrected chi connectivity index (χ3v) is 4.78. The minimum atomic E-state index is 0.0152. The van der Waals surface area contributed by atoms with Gasteiger partial charge in [0.05, 0.1) is 0 Å². The number of benzene rings is 1. The molecule has 0 N–H and O–H groups in total. The van der Waals surface area contributed by atoms with Crippen LogP contribution in [0.3, 0.4) is 0 Å². The van der Waals surface area contributed by atoms with Gasteiger partial charge in [0.1, 0.15) is 12.3 Å². The van der Waals surface area contributed by atoms with E-state index in [0.717, 1.165) is 34.5 Å². The maximum absolute atomic E-state index is 6.00. The van der Waals surface area contributed by atoms with E-state index < -0.39 is 0 Å². The Morgan fingerprint density at radius 2 is 2.16 bits per heavy atom. The van der Waals surface area contributed by atoms with Crippen molar-refractivity contribution in [3.05, 3.63) is 83.4 Å². The molecule has 3 rings (SSSR count). The lowest BCUT2D eigenvalue weighted by Gasteiger charge is -2.41. The molecule has 1 aromatic rings. The van der Waals surface area contributed by atoms with Crippen LogP contribution in [0.15, 0.2) is 77.3 Å². The number of likely N-dealkylation sites (N-methyl/N-ethyl adjacent to an activating group) is 1. The monoisotopic (exact) mass is 332 g/mol. The van der Waals surface area contributed by atoms with Crippen molar-refractivity contribution in [1.29, 1.82) is 0 Å². The van der Waals surface area contributed by atoms with Crippen LogP contribution >= 0.6 is 0 Å². The molecule has 2 aliphatic rings. The summed E-state index contributed by atoms with van der Waals surface area (Å²) in [7, 11) is 2.10. The van der Waals surface area contributed by atoms with Gasteiger partial charge in [-0.3, -0.25) is 0 Å². The molecule has 0 aliphatic carbocycles. The van der Waals surface area contributed by atoms with E-state index in [4.69, 9.17) is 4.74 Å². The number of hydrogen-bond donors (Lipinski definition) is 0. The Bertz CT molecular complexity index is 849. The van der Waals surface area contributed by atoms with Gasteiger partial charge in [0, 0.05) is 24.4 Å². The van der Waals surface area contributed by atoms with Crippen molar-refractivity contribution < 1.29 is 4.74 Å². The molecular formula is C22H24N2O. The fourth-order valence-corrected chi connectivity index (χ4v) is 3.09. The molecule has 0 atom stereocenters. The van der Waals surface area contributed by atoms with Gasteiger partial charge in [0.25, 0.3) is 0 Å². The highest BCUT2D eigenvalue weighted by Gasteiger charge is 2.33. The Morgan fingerprint density at radius 1 is 1.36 bits per heavy atom. The molecule has 0 radical (unpaired) electrons. The predicted molar refractivity (Wildman–Crippen MR) is 104 cm³/mol. The molecule has 2 heterocycles. The molecule has 2 bridgehead atoms. The van der Waals surface area contributed by atoms with Crippen LogP contribution in [0.5, 0.6) is 0 Å². The van der Waals surface area contributed by atoms with Gasteiger partial charge in [0.2, 0.25) is 5.90 Å². The predicted octanol–water partition coefficient (Wildman–Crippen LogP) is 4.85. The van der Waals surface area contributed by atoms with Gasteiger partial charge >= 0.3 is 0 Å². The van der Waals surface area contributed by atoms with Gasteiger partial charge in [0.15, 0.2) is 0 Å². The molecule has 0 saturated carbocycles. The molecule has 3 nitrogen and oxygen atoms in total. The van der Waals surface area contributed by atoms with Gasteiger partial charge in [-0.05, 0) is 49.1 Å². The van der Waals surface area contributed by atoms with Crippen LogP contribution in [0.4, 0.5) is 0 Å². The average molecular weight is 332 g/mol. The Labute approximate surface area is 150 Å². The van der Waals surface area contributed by atoms with Crippen LogP contribution in [0.25, 0.3) is 6.08 Å². The first-order chi connectivity index (χ1) is 11.9. The van der Waals surface area contributed by atoms with Crippen molar-refractivity contribution in [3.8, 4) is 0 Å². The largest absolute Gasteiger partial charge is 0.473 e.